The maximum Gasteiger partial charge on any atom is 0.258 e. The van der Waals surface area contributed by atoms with E-state index in [0.29, 0.717) is 49.1 Å². The molecule has 0 bridgehead atoms. The third kappa shape index (κ3) is 4.39. The first-order chi connectivity index (χ1) is 10.2. The fourth-order valence-corrected chi connectivity index (χ4v) is 2.09. The number of rotatable bonds is 7. The number of nitrogens with one attached hydrogen (secondary N) is 2. The van der Waals surface area contributed by atoms with E-state index in [0.717, 1.165) is 6.42 Å². The lowest BCUT2D eigenvalue weighted by Gasteiger charge is -2.05. The summed E-state index contributed by atoms with van der Waals surface area (Å²) in [6.07, 6.45) is 2.42. The summed E-state index contributed by atoms with van der Waals surface area (Å²) >= 11 is 0. The van der Waals surface area contributed by atoms with Gasteiger partial charge in [0.25, 0.3) is 5.56 Å². The van der Waals surface area contributed by atoms with Gasteiger partial charge in [-0.1, -0.05) is 12.1 Å². The standard InChI is InChI=1S/C15H20N4O2/c16-9-4-10-17-14(20)8-3-7-13-18-12-6-2-1-5-11(12)15(21)19-13/h1-2,5-6H,3-4,7-10,16H2,(H,17,20)(H,18,19,21). The summed E-state index contributed by atoms with van der Waals surface area (Å²) in [5, 5.41) is 3.38. The molecule has 2 aromatic rings. The van der Waals surface area contributed by atoms with Gasteiger partial charge in [0, 0.05) is 19.4 Å². The lowest BCUT2D eigenvalue weighted by molar-refractivity contribution is -0.121. The molecule has 0 aliphatic heterocycles. The number of carbonyl (C=O) groups excluding carboxylic acids is 1. The molecule has 21 heavy (non-hydrogen) atoms. The Kier molecular flexibility index (Phi) is 5.45. The zero-order valence-electron chi connectivity index (χ0n) is 11.9. The Hall–Kier alpha value is -2.21. The van der Waals surface area contributed by atoms with Crippen LogP contribution in [0.2, 0.25) is 0 Å². The second kappa shape index (κ2) is 7.54. The van der Waals surface area contributed by atoms with Crippen molar-refractivity contribution in [2.24, 2.45) is 5.73 Å². The predicted molar refractivity (Wildman–Crippen MR) is 82.0 cm³/mol. The van der Waals surface area contributed by atoms with Crippen molar-refractivity contribution in [2.45, 2.75) is 25.7 Å². The van der Waals surface area contributed by atoms with E-state index >= 15 is 0 Å². The summed E-state index contributed by atoms with van der Waals surface area (Å²) in [6, 6.07) is 7.22. The average molecular weight is 288 g/mol. The minimum absolute atomic E-state index is 0.00610. The van der Waals surface area contributed by atoms with Gasteiger partial charge in [0.1, 0.15) is 5.82 Å². The number of aromatic amines is 1. The van der Waals surface area contributed by atoms with E-state index in [4.69, 9.17) is 5.73 Å². The van der Waals surface area contributed by atoms with Gasteiger partial charge in [0.2, 0.25) is 5.91 Å². The number of aryl methyl sites for hydroxylation is 1. The number of fused-ring (bicyclic) bond motifs is 1. The molecule has 0 aliphatic rings. The summed E-state index contributed by atoms with van der Waals surface area (Å²) in [6.45, 7) is 1.18. The van der Waals surface area contributed by atoms with Crippen molar-refractivity contribution in [3.63, 3.8) is 0 Å². The Morgan fingerprint density at radius 1 is 1.29 bits per heavy atom. The number of amides is 1. The first kappa shape index (κ1) is 15.2. The molecule has 0 fully saturated rings. The van der Waals surface area contributed by atoms with Crippen LogP contribution in [0.25, 0.3) is 10.9 Å². The lowest BCUT2D eigenvalue weighted by atomic mass is 10.2. The summed E-state index contributed by atoms with van der Waals surface area (Å²) in [5.41, 5.74) is 5.90. The fraction of sp³-hybridized carbons (Fsp3) is 0.400. The molecule has 1 aromatic heterocycles. The normalized spacial score (nSPS) is 10.7. The van der Waals surface area contributed by atoms with E-state index in [2.05, 4.69) is 15.3 Å². The summed E-state index contributed by atoms with van der Waals surface area (Å²) in [7, 11) is 0. The third-order valence-corrected chi connectivity index (χ3v) is 3.18. The Morgan fingerprint density at radius 3 is 2.90 bits per heavy atom. The predicted octanol–water partition coefficient (Wildman–Crippen LogP) is 0.711. The maximum atomic E-state index is 11.9. The van der Waals surface area contributed by atoms with Gasteiger partial charge < -0.3 is 16.0 Å². The van der Waals surface area contributed by atoms with E-state index in [1.807, 2.05) is 18.2 Å². The van der Waals surface area contributed by atoms with Crippen LogP contribution in [-0.2, 0) is 11.2 Å². The number of aromatic nitrogens is 2. The zero-order chi connectivity index (χ0) is 15.1. The van der Waals surface area contributed by atoms with Gasteiger partial charge in [-0.3, -0.25) is 9.59 Å². The highest BCUT2D eigenvalue weighted by Gasteiger charge is 2.05. The molecule has 4 N–H and O–H groups in total. The molecule has 2 rings (SSSR count). The largest absolute Gasteiger partial charge is 0.356 e. The van der Waals surface area contributed by atoms with Gasteiger partial charge in [-0.15, -0.1) is 0 Å². The van der Waals surface area contributed by atoms with Gasteiger partial charge in [0.05, 0.1) is 10.9 Å². The molecule has 0 spiro atoms. The highest BCUT2D eigenvalue weighted by molar-refractivity contribution is 5.77. The molecule has 6 nitrogen and oxygen atoms in total. The van der Waals surface area contributed by atoms with Crippen LogP contribution in [-0.4, -0.2) is 29.0 Å². The number of H-pyrrole nitrogens is 1. The molecule has 0 aliphatic carbocycles. The highest BCUT2D eigenvalue weighted by atomic mass is 16.1. The van der Waals surface area contributed by atoms with Crippen LogP contribution in [0.3, 0.4) is 0 Å². The molecule has 1 aromatic carbocycles. The number of para-hydroxylation sites is 1. The maximum absolute atomic E-state index is 11.9. The number of hydrogen-bond donors (Lipinski definition) is 3. The molecule has 1 heterocycles. The molecule has 0 saturated carbocycles. The molecule has 6 heteroatoms. The number of benzene rings is 1. The number of nitrogens with two attached hydrogens (primary N) is 1. The number of carbonyl (C=O) groups is 1. The van der Waals surface area contributed by atoms with Gasteiger partial charge in [-0.2, -0.15) is 0 Å². The Morgan fingerprint density at radius 2 is 2.10 bits per heavy atom. The van der Waals surface area contributed by atoms with Crippen molar-refractivity contribution < 1.29 is 4.79 Å². The van der Waals surface area contributed by atoms with E-state index in [1.54, 1.807) is 6.07 Å². The monoisotopic (exact) mass is 288 g/mol. The van der Waals surface area contributed by atoms with Gasteiger partial charge in [-0.05, 0) is 31.5 Å². The van der Waals surface area contributed by atoms with Crippen LogP contribution in [0.1, 0.15) is 25.1 Å². The smallest absolute Gasteiger partial charge is 0.258 e. The van der Waals surface area contributed by atoms with Crippen molar-refractivity contribution in [2.75, 3.05) is 13.1 Å². The minimum atomic E-state index is -0.136. The quantitative estimate of drug-likeness (QED) is 0.653. The Balaban J connectivity index is 1.89. The van der Waals surface area contributed by atoms with Crippen LogP contribution < -0.4 is 16.6 Å². The second-order valence-electron chi connectivity index (χ2n) is 4.88. The topological polar surface area (TPSA) is 101 Å². The Bertz CT molecular complexity index is 666. The van der Waals surface area contributed by atoms with Crippen LogP contribution in [0, 0.1) is 0 Å². The number of hydrogen-bond acceptors (Lipinski definition) is 4. The molecule has 0 unspecified atom stereocenters. The first-order valence-corrected chi connectivity index (χ1v) is 7.15. The van der Waals surface area contributed by atoms with Crippen molar-refractivity contribution >= 4 is 16.8 Å². The minimum Gasteiger partial charge on any atom is -0.356 e. The van der Waals surface area contributed by atoms with Crippen molar-refractivity contribution in [1.29, 1.82) is 0 Å². The molecule has 112 valence electrons. The molecule has 0 atom stereocenters. The summed E-state index contributed by atoms with van der Waals surface area (Å²) < 4.78 is 0. The van der Waals surface area contributed by atoms with Crippen LogP contribution in [0.4, 0.5) is 0 Å². The Labute approximate surface area is 122 Å². The van der Waals surface area contributed by atoms with Gasteiger partial charge in [-0.25, -0.2) is 4.98 Å². The van der Waals surface area contributed by atoms with E-state index < -0.39 is 0 Å². The van der Waals surface area contributed by atoms with Crippen LogP contribution in [0.5, 0.6) is 0 Å². The van der Waals surface area contributed by atoms with E-state index in [1.165, 1.54) is 0 Å². The molecule has 1 amide bonds. The van der Waals surface area contributed by atoms with Crippen LogP contribution in [0.15, 0.2) is 29.1 Å². The number of nitrogens with zero attached hydrogens (tertiary/aromatic N) is 1. The van der Waals surface area contributed by atoms with E-state index in [9.17, 15) is 9.59 Å². The average Bonchev–Trinajstić information content (AvgIpc) is 2.48. The molecular weight excluding hydrogens is 268 g/mol. The zero-order valence-corrected chi connectivity index (χ0v) is 11.9. The second-order valence-corrected chi connectivity index (χ2v) is 4.88. The fourth-order valence-electron chi connectivity index (χ4n) is 2.09. The van der Waals surface area contributed by atoms with Gasteiger partial charge in [0.15, 0.2) is 0 Å². The lowest BCUT2D eigenvalue weighted by Crippen LogP contribution is -2.25. The first-order valence-electron chi connectivity index (χ1n) is 7.15. The summed E-state index contributed by atoms with van der Waals surface area (Å²) in [5.74, 6) is 0.625. The molecule has 0 radical (unpaired) electrons. The van der Waals surface area contributed by atoms with Crippen LogP contribution >= 0.6 is 0 Å². The van der Waals surface area contributed by atoms with Crippen molar-refractivity contribution in [3.8, 4) is 0 Å². The molecule has 0 saturated heterocycles. The van der Waals surface area contributed by atoms with Gasteiger partial charge >= 0.3 is 0 Å². The molecular formula is C15H20N4O2. The third-order valence-electron chi connectivity index (χ3n) is 3.18. The SMILES string of the molecule is NCCCNC(=O)CCCc1nc2ccccc2c(=O)[nH]1. The summed E-state index contributed by atoms with van der Waals surface area (Å²) in [4.78, 5) is 30.6. The highest BCUT2D eigenvalue weighted by Crippen LogP contribution is 2.07. The van der Waals surface area contributed by atoms with Crippen molar-refractivity contribution in [1.82, 2.24) is 15.3 Å². The van der Waals surface area contributed by atoms with Crippen molar-refractivity contribution in [3.05, 3.63) is 40.4 Å². The van der Waals surface area contributed by atoms with E-state index in [-0.39, 0.29) is 11.5 Å².